The van der Waals surface area contributed by atoms with E-state index in [-0.39, 0.29) is 0 Å². The summed E-state index contributed by atoms with van der Waals surface area (Å²) in [6.07, 6.45) is 2.03. The van der Waals surface area contributed by atoms with Gasteiger partial charge in [-0.15, -0.1) is 0 Å². The van der Waals surface area contributed by atoms with Crippen molar-refractivity contribution in [2.45, 2.75) is 26.6 Å². The van der Waals surface area contributed by atoms with E-state index in [1.165, 1.54) is 6.08 Å². The third-order valence-electron chi connectivity index (χ3n) is 1.20. The minimum Gasteiger partial charge on any atom is -0.468 e. The maximum atomic E-state index is 9.99. The number of ether oxygens (including phenoxy) is 2. The molecule has 0 fully saturated rings. The molecule has 3 heteroatoms. The molecule has 0 aliphatic heterocycles. The minimum atomic E-state index is -0.663. The highest BCUT2D eigenvalue weighted by Gasteiger charge is 2.17. The molecule has 0 rings (SSSR count). The second-order valence-electron chi connectivity index (χ2n) is 2.62. The number of carbonyl (C=O) groups excluding carboxylic acids is 1. The van der Waals surface area contributed by atoms with E-state index < -0.39 is 5.79 Å². The zero-order valence-electron chi connectivity index (χ0n) is 7.38. The summed E-state index contributed by atoms with van der Waals surface area (Å²) in [6, 6.07) is 0. The van der Waals surface area contributed by atoms with Crippen molar-refractivity contribution in [1.29, 1.82) is 0 Å². The molecule has 0 radical (unpaired) electrons. The predicted octanol–water partition coefficient (Wildman–Crippen LogP) is 1.49. The molecule has 0 aromatic rings. The Morgan fingerprint density at radius 1 is 1.45 bits per heavy atom. The van der Waals surface area contributed by atoms with Gasteiger partial charge in [0, 0.05) is 27.0 Å². The van der Waals surface area contributed by atoms with Crippen molar-refractivity contribution >= 4 is 6.29 Å². The van der Waals surface area contributed by atoms with Crippen LogP contribution in [0.5, 0.6) is 0 Å². The maximum absolute atomic E-state index is 9.99. The molecular weight excluding hydrogens is 144 g/mol. The third kappa shape index (κ3) is 4.56. The van der Waals surface area contributed by atoms with E-state index in [2.05, 4.69) is 0 Å². The third-order valence-corrected chi connectivity index (χ3v) is 1.20. The molecule has 64 valence electrons. The monoisotopic (exact) mass is 158 g/mol. The lowest BCUT2D eigenvalue weighted by Gasteiger charge is -2.24. The van der Waals surface area contributed by atoms with Crippen molar-refractivity contribution in [2.24, 2.45) is 0 Å². The van der Waals surface area contributed by atoms with Gasteiger partial charge in [-0.05, 0) is 6.92 Å². The summed E-state index contributed by atoms with van der Waals surface area (Å²) in [6.45, 7) is 5.25. The van der Waals surface area contributed by atoms with Crippen LogP contribution in [0.3, 0.4) is 0 Å². The Labute approximate surface area is 67.0 Å². The lowest BCUT2D eigenvalue weighted by molar-refractivity contribution is -0.171. The highest BCUT2D eigenvalue weighted by molar-refractivity contribution is 5.65. The van der Waals surface area contributed by atoms with Gasteiger partial charge < -0.3 is 9.47 Å². The van der Waals surface area contributed by atoms with Gasteiger partial charge in [0.1, 0.15) is 6.29 Å². The van der Waals surface area contributed by atoms with Gasteiger partial charge in [0.25, 0.3) is 0 Å². The van der Waals surface area contributed by atoms with E-state index in [4.69, 9.17) is 9.47 Å². The second-order valence-corrected chi connectivity index (χ2v) is 2.62. The fourth-order valence-electron chi connectivity index (χ4n) is 0.559. The molecule has 0 aromatic heterocycles. The summed E-state index contributed by atoms with van der Waals surface area (Å²) in [4.78, 5) is 9.99. The molecular formula is C8H14O3. The number of hydrogen-bond acceptors (Lipinski definition) is 3. The van der Waals surface area contributed by atoms with Gasteiger partial charge in [-0.2, -0.15) is 0 Å². The fourth-order valence-corrected chi connectivity index (χ4v) is 0.559. The Bertz CT molecular complexity index is 159. The molecule has 0 atom stereocenters. The van der Waals surface area contributed by atoms with E-state index in [1.807, 2.05) is 0 Å². The van der Waals surface area contributed by atoms with E-state index in [9.17, 15) is 4.79 Å². The summed E-state index contributed by atoms with van der Waals surface area (Å²) in [7, 11) is 1.55. The second kappa shape index (κ2) is 4.13. The van der Waals surface area contributed by atoms with Gasteiger partial charge in [0.15, 0.2) is 0 Å². The van der Waals surface area contributed by atoms with Crippen molar-refractivity contribution in [3.63, 3.8) is 0 Å². The molecule has 0 spiro atoms. The van der Waals surface area contributed by atoms with Crippen molar-refractivity contribution in [1.82, 2.24) is 0 Å². The number of hydrogen-bond donors (Lipinski definition) is 0. The average molecular weight is 158 g/mol. The summed E-state index contributed by atoms with van der Waals surface area (Å²) in [5, 5.41) is 0. The van der Waals surface area contributed by atoms with Crippen LogP contribution in [-0.4, -0.2) is 19.2 Å². The summed E-state index contributed by atoms with van der Waals surface area (Å²) in [5.41, 5.74) is 0. The lowest BCUT2D eigenvalue weighted by atomic mass is 10.4. The highest BCUT2D eigenvalue weighted by Crippen LogP contribution is 2.13. The van der Waals surface area contributed by atoms with E-state index >= 15 is 0 Å². The van der Waals surface area contributed by atoms with Crippen molar-refractivity contribution in [2.75, 3.05) is 7.11 Å². The SMILES string of the molecule is COC(C)(C)O/C(C)=C\C=O. The van der Waals surface area contributed by atoms with Gasteiger partial charge in [0.2, 0.25) is 5.79 Å². The van der Waals surface area contributed by atoms with Crippen LogP contribution in [0.15, 0.2) is 11.8 Å². The molecule has 3 nitrogen and oxygen atoms in total. The lowest BCUT2D eigenvalue weighted by Crippen LogP contribution is -2.25. The first-order valence-corrected chi connectivity index (χ1v) is 3.38. The summed E-state index contributed by atoms with van der Waals surface area (Å²) < 4.78 is 10.2. The first-order valence-electron chi connectivity index (χ1n) is 3.38. The zero-order chi connectivity index (χ0) is 8.91. The van der Waals surface area contributed by atoms with Crippen LogP contribution < -0.4 is 0 Å². The van der Waals surface area contributed by atoms with Crippen molar-refractivity contribution in [3.8, 4) is 0 Å². The fraction of sp³-hybridized carbons (Fsp3) is 0.625. The Morgan fingerprint density at radius 2 is 2.00 bits per heavy atom. The summed E-state index contributed by atoms with van der Waals surface area (Å²) >= 11 is 0. The average Bonchev–Trinajstić information content (AvgIpc) is 1.87. The highest BCUT2D eigenvalue weighted by atomic mass is 16.7. The van der Waals surface area contributed by atoms with E-state index in [0.29, 0.717) is 12.0 Å². The standard InChI is InChI=1S/C8H14O3/c1-7(5-6-9)11-8(2,3)10-4/h5-6H,1-4H3/b7-5-. The molecule has 0 aliphatic carbocycles. The largest absolute Gasteiger partial charge is 0.468 e. The first-order chi connectivity index (χ1) is 5.02. The topological polar surface area (TPSA) is 35.5 Å². The zero-order valence-corrected chi connectivity index (χ0v) is 7.38. The van der Waals surface area contributed by atoms with Gasteiger partial charge in [-0.3, -0.25) is 4.79 Å². The number of allylic oxidation sites excluding steroid dienone is 2. The van der Waals surface area contributed by atoms with Crippen molar-refractivity contribution < 1.29 is 14.3 Å². The Hall–Kier alpha value is -0.830. The van der Waals surface area contributed by atoms with E-state index in [1.54, 1.807) is 27.9 Å². The molecule has 0 saturated heterocycles. The Kier molecular flexibility index (Phi) is 3.82. The van der Waals surface area contributed by atoms with Crippen LogP contribution in [0.4, 0.5) is 0 Å². The Morgan fingerprint density at radius 3 is 2.36 bits per heavy atom. The molecule has 0 saturated carbocycles. The Balaban J connectivity index is 4.02. The number of aldehydes is 1. The van der Waals surface area contributed by atoms with Gasteiger partial charge >= 0.3 is 0 Å². The molecule has 0 bridgehead atoms. The molecule has 0 unspecified atom stereocenters. The summed E-state index contributed by atoms with van der Waals surface area (Å²) in [5.74, 6) is -0.115. The quantitative estimate of drug-likeness (QED) is 0.269. The van der Waals surface area contributed by atoms with Crippen LogP contribution >= 0.6 is 0 Å². The van der Waals surface area contributed by atoms with Crippen LogP contribution in [0, 0.1) is 0 Å². The molecule has 0 aromatic carbocycles. The number of carbonyl (C=O) groups is 1. The van der Waals surface area contributed by atoms with Crippen LogP contribution in [-0.2, 0) is 14.3 Å². The number of methoxy groups -OCH3 is 1. The van der Waals surface area contributed by atoms with Crippen molar-refractivity contribution in [3.05, 3.63) is 11.8 Å². The predicted molar refractivity (Wildman–Crippen MR) is 42.0 cm³/mol. The normalized spacial score (nSPS) is 12.9. The molecule has 0 amide bonds. The molecule has 0 heterocycles. The van der Waals surface area contributed by atoms with E-state index in [0.717, 1.165) is 0 Å². The first kappa shape index (κ1) is 10.2. The van der Waals surface area contributed by atoms with Crippen LogP contribution in [0.25, 0.3) is 0 Å². The molecule has 0 aliphatic rings. The van der Waals surface area contributed by atoms with Gasteiger partial charge in [-0.25, -0.2) is 0 Å². The van der Waals surface area contributed by atoms with Crippen LogP contribution in [0.1, 0.15) is 20.8 Å². The molecule has 0 N–H and O–H groups in total. The smallest absolute Gasteiger partial charge is 0.204 e. The van der Waals surface area contributed by atoms with Gasteiger partial charge in [-0.1, -0.05) is 0 Å². The van der Waals surface area contributed by atoms with Crippen LogP contribution in [0.2, 0.25) is 0 Å². The number of rotatable bonds is 4. The minimum absolute atomic E-state index is 0.548. The molecule has 11 heavy (non-hydrogen) atoms. The maximum Gasteiger partial charge on any atom is 0.204 e. The van der Waals surface area contributed by atoms with Gasteiger partial charge in [0.05, 0.1) is 5.76 Å².